The summed E-state index contributed by atoms with van der Waals surface area (Å²) in [7, 11) is 0. The zero-order chi connectivity index (χ0) is 8.55. The van der Waals surface area contributed by atoms with Crippen LogP contribution in [0.3, 0.4) is 0 Å². The summed E-state index contributed by atoms with van der Waals surface area (Å²) in [6, 6.07) is 0. The van der Waals surface area contributed by atoms with Gasteiger partial charge in [-0.3, -0.25) is 4.79 Å². The van der Waals surface area contributed by atoms with Crippen molar-refractivity contribution in [1.82, 2.24) is 4.90 Å². The molecule has 1 saturated heterocycles. The summed E-state index contributed by atoms with van der Waals surface area (Å²) >= 11 is 3.44. The molecule has 0 spiro atoms. The van der Waals surface area contributed by atoms with Gasteiger partial charge in [-0.05, 0) is 6.42 Å². The molecule has 1 heterocycles. The van der Waals surface area contributed by atoms with Gasteiger partial charge in [0.15, 0.2) is 0 Å². The number of amides is 1. The van der Waals surface area contributed by atoms with E-state index in [-0.39, 0.29) is 5.92 Å². The van der Waals surface area contributed by atoms with Crippen LogP contribution in [-0.2, 0) is 9.53 Å². The van der Waals surface area contributed by atoms with E-state index >= 15 is 0 Å². The van der Waals surface area contributed by atoms with Crippen molar-refractivity contribution in [2.75, 3.05) is 26.3 Å². The minimum absolute atomic E-state index is 0.253. The van der Waals surface area contributed by atoms with Crippen LogP contribution in [0.2, 0.25) is 0 Å². The summed E-state index contributed by atoms with van der Waals surface area (Å²) in [4.78, 5) is 14.0. The minimum atomic E-state index is 0.253. The molecule has 1 amide bonds. The van der Waals surface area contributed by atoms with E-state index in [9.17, 15) is 4.79 Å². The Morgan fingerprint density at radius 1 is 1.42 bits per heavy atom. The molecule has 12 heavy (non-hydrogen) atoms. The van der Waals surface area contributed by atoms with E-state index in [1.165, 1.54) is 0 Å². The molecular formula is C8H12BrNO2. The van der Waals surface area contributed by atoms with Crippen molar-refractivity contribution in [3.63, 3.8) is 0 Å². The first-order valence-corrected chi connectivity index (χ1v) is 5.21. The van der Waals surface area contributed by atoms with Crippen LogP contribution in [0.25, 0.3) is 0 Å². The third-order valence-corrected chi connectivity index (χ3v) is 3.36. The normalized spacial score (nSPS) is 34.9. The second-order valence-electron chi connectivity index (χ2n) is 3.30. The number of nitrogens with zero attached hydrogens (tertiary/aromatic N) is 1. The van der Waals surface area contributed by atoms with E-state index < -0.39 is 0 Å². The number of carbonyl (C=O) groups excluding carboxylic acids is 1. The third kappa shape index (κ3) is 1.64. The fraction of sp³-hybridized carbons (Fsp3) is 0.875. The van der Waals surface area contributed by atoms with Gasteiger partial charge in [-0.25, -0.2) is 0 Å². The molecule has 3 nitrogen and oxygen atoms in total. The lowest BCUT2D eigenvalue weighted by molar-refractivity contribution is -0.136. The van der Waals surface area contributed by atoms with Crippen molar-refractivity contribution in [2.45, 2.75) is 11.2 Å². The van der Waals surface area contributed by atoms with Gasteiger partial charge in [0.05, 0.1) is 19.1 Å². The Kier molecular flexibility index (Phi) is 2.37. The van der Waals surface area contributed by atoms with Crippen LogP contribution >= 0.6 is 15.9 Å². The number of alkyl halides is 1. The van der Waals surface area contributed by atoms with Gasteiger partial charge in [-0.2, -0.15) is 0 Å². The molecule has 2 fully saturated rings. The number of hydrogen-bond acceptors (Lipinski definition) is 2. The molecule has 0 bridgehead atoms. The smallest absolute Gasteiger partial charge is 0.227 e. The Labute approximate surface area is 80.2 Å². The quantitative estimate of drug-likeness (QED) is 0.623. The number of rotatable bonds is 1. The van der Waals surface area contributed by atoms with E-state index in [0.717, 1.165) is 19.5 Å². The summed E-state index contributed by atoms with van der Waals surface area (Å²) < 4.78 is 5.17. The zero-order valence-corrected chi connectivity index (χ0v) is 8.42. The van der Waals surface area contributed by atoms with Gasteiger partial charge in [0, 0.05) is 17.9 Å². The van der Waals surface area contributed by atoms with Gasteiger partial charge in [0.2, 0.25) is 5.91 Å². The molecule has 0 aromatic rings. The maximum absolute atomic E-state index is 11.6. The summed E-state index contributed by atoms with van der Waals surface area (Å²) in [6.45, 7) is 2.95. The van der Waals surface area contributed by atoms with Crippen LogP contribution in [0.1, 0.15) is 6.42 Å². The van der Waals surface area contributed by atoms with Crippen LogP contribution in [0.5, 0.6) is 0 Å². The lowest BCUT2D eigenvalue weighted by atomic mass is 10.3. The van der Waals surface area contributed by atoms with Crippen molar-refractivity contribution in [2.24, 2.45) is 5.92 Å². The maximum Gasteiger partial charge on any atom is 0.227 e. The molecule has 0 N–H and O–H groups in total. The predicted molar refractivity (Wildman–Crippen MR) is 48.2 cm³/mol. The molecule has 0 aromatic heterocycles. The van der Waals surface area contributed by atoms with E-state index in [2.05, 4.69) is 15.9 Å². The fourth-order valence-electron chi connectivity index (χ4n) is 1.44. The third-order valence-electron chi connectivity index (χ3n) is 2.35. The average Bonchev–Trinajstić information content (AvgIpc) is 2.83. The summed E-state index contributed by atoms with van der Waals surface area (Å²) in [6.07, 6.45) is 1.01. The van der Waals surface area contributed by atoms with Crippen molar-refractivity contribution in [3.8, 4) is 0 Å². The number of hydrogen-bond donors (Lipinski definition) is 0. The van der Waals surface area contributed by atoms with E-state index in [1.807, 2.05) is 4.90 Å². The highest BCUT2D eigenvalue weighted by molar-refractivity contribution is 9.09. The van der Waals surface area contributed by atoms with Crippen LogP contribution in [0, 0.1) is 5.92 Å². The highest BCUT2D eigenvalue weighted by atomic mass is 79.9. The molecule has 4 heteroatoms. The summed E-state index contributed by atoms with van der Waals surface area (Å²) in [5.74, 6) is 0.559. The van der Waals surface area contributed by atoms with Crippen LogP contribution < -0.4 is 0 Å². The Balaban J connectivity index is 1.86. The molecule has 0 radical (unpaired) electrons. The maximum atomic E-state index is 11.6. The number of ether oxygens (including phenoxy) is 1. The first-order chi connectivity index (χ1) is 5.79. The first kappa shape index (κ1) is 8.51. The molecule has 68 valence electrons. The number of carbonyl (C=O) groups is 1. The second-order valence-corrected chi connectivity index (χ2v) is 4.47. The van der Waals surface area contributed by atoms with Crippen LogP contribution in [0.4, 0.5) is 0 Å². The fourth-order valence-corrected chi connectivity index (χ4v) is 2.07. The SMILES string of the molecule is O=C(C1CC1Br)N1CCOCC1. The molecule has 1 saturated carbocycles. The molecule has 0 aromatic carbocycles. The molecular weight excluding hydrogens is 222 g/mol. The predicted octanol–water partition coefficient (Wildman–Crippen LogP) is 0.629. The van der Waals surface area contributed by atoms with E-state index in [1.54, 1.807) is 0 Å². The zero-order valence-electron chi connectivity index (χ0n) is 6.83. The van der Waals surface area contributed by atoms with Crippen LogP contribution in [-0.4, -0.2) is 41.9 Å². The lowest BCUT2D eigenvalue weighted by Gasteiger charge is -2.26. The summed E-state index contributed by atoms with van der Waals surface area (Å²) in [5, 5.41) is 0. The number of morpholine rings is 1. The van der Waals surface area contributed by atoms with E-state index in [4.69, 9.17) is 4.74 Å². The van der Waals surface area contributed by atoms with Gasteiger partial charge in [0.1, 0.15) is 0 Å². The van der Waals surface area contributed by atoms with Gasteiger partial charge in [-0.1, -0.05) is 15.9 Å². The highest BCUT2D eigenvalue weighted by Crippen LogP contribution is 2.39. The number of halogens is 1. The largest absolute Gasteiger partial charge is 0.378 e. The van der Waals surface area contributed by atoms with E-state index in [0.29, 0.717) is 23.9 Å². The Bertz CT molecular complexity index is 191. The lowest BCUT2D eigenvalue weighted by Crippen LogP contribution is -2.41. The Morgan fingerprint density at radius 2 is 2.00 bits per heavy atom. The first-order valence-electron chi connectivity index (χ1n) is 4.29. The second kappa shape index (κ2) is 3.34. The molecule has 2 unspecified atom stereocenters. The van der Waals surface area contributed by atoms with Gasteiger partial charge >= 0.3 is 0 Å². The van der Waals surface area contributed by atoms with Gasteiger partial charge in [0.25, 0.3) is 0 Å². The van der Waals surface area contributed by atoms with Crippen molar-refractivity contribution in [3.05, 3.63) is 0 Å². The van der Waals surface area contributed by atoms with Gasteiger partial charge in [-0.15, -0.1) is 0 Å². The van der Waals surface area contributed by atoms with Gasteiger partial charge < -0.3 is 9.64 Å². The highest BCUT2D eigenvalue weighted by Gasteiger charge is 2.43. The minimum Gasteiger partial charge on any atom is -0.378 e. The molecule has 2 rings (SSSR count). The van der Waals surface area contributed by atoms with Crippen molar-refractivity contribution >= 4 is 21.8 Å². The van der Waals surface area contributed by atoms with Crippen molar-refractivity contribution < 1.29 is 9.53 Å². The summed E-state index contributed by atoms with van der Waals surface area (Å²) in [5.41, 5.74) is 0. The Morgan fingerprint density at radius 3 is 2.50 bits per heavy atom. The van der Waals surface area contributed by atoms with Crippen molar-refractivity contribution in [1.29, 1.82) is 0 Å². The average molecular weight is 234 g/mol. The topological polar surface area (TPSA) is 29.5 Å². The molecule has 2 aliphatic rings. The Hall–Kier alpha value is -0.0900. The monoisotopic (exact) mass is 233 g/mol. The molecule has 1 aliphatic carbocycles. The standard InChI is InChI=1S/C8H12BrNO2/c9-7-5-6(7)8(11)10-1-3-12-4-2-10/h6-7H,1-5H2. The molecule has 2 atom stereocenters. The van der Waals surface area contributed by atoms with Crippen LogP contribution in [0.15, 0.2) is 0 Å². The molecule has 1 aliphatic heterocycles.